The Bertz CT molecular complexity index is 246. The van der Waals surface area contributed by atoms with Gasteiger partial charge >= 0.3 is 5.97 Å². The molecule has 54 valence electrons. The number of carboxylic acid groups (broad SMARTS) is 1. The molecule has 0 aromatic carbocycles. The molecule has 0 spiro atoms. The minimum Gasteiger partial charge on any atom is -0.476 e. The average Bonchev–Trinajstić information content (AvgIpc) is 2.33. The highest BCUT2D eigenvalue weighted by molar-refractivity contribution is 7.97. The van der Waals surface area contributed by atoms with E-state index in [2.05, 4.69) is 5.10 Å². The molecule has 1 aromatic heterocycles. The minimum absolute atomic E-state index is 0.201. The summed E-state index contributed by atoms with van der Waals surface area (Å²) in [6, 6.07) is 1.46. The van der Waals surface area contributed by atoms with Gasteiger partial charge in [0.1, 0.15) is 0 Å². The first-order valence-electron chi connectivity index (χ1n) is 2.57. The van der Waals surface area contributed by atoms with Gasteiger partial charge in [0.05, 0.1) is 6.20 Å². The van der Waals surface area contributed by atoms with Crippen molar-refractivity contribution in [3.8, 4) is 0 Å². The fourth-order valence-electron chi connectivity index (χ4n) is 0.589. The lowest BCUT2D eigenvalue weighted by molar-refractivity contribution is 0.0689. The summed E-state index contributed by atoms with van der Waals surface area (Å²) in [7, 11) is 0. The minimum atomic E-state index is -0.952. The van der Waals surface area contributed by atoms with Gasteiger partial charge in [-0.2, -0.15) is 9.19 Å². The maximum absolute atomic E-state index is 10.4. The molecule has 5 heteroatoms. The number of carbonyl (C=O) groups is 1. The van der Waals surface area contributed by atoms with Crippen molar-refractivity contribution in [2.45, 2.75) is 0 Å². The summed E-state index contributed by atoms with van der Waals surface area (Å²) in [6.07, 6.45) is 3.22. The Hall–Kier alpha value is -0.970. The number of aromatic nitrogens is 2. The first kappa shape index (κ1) is 7.14. The maximum Gasteiger partial charge on any atom is 0.355 e. The molecular formula is C5H6N2O2S. The van der Waals surface area contributed by atoms with Crippen molar-refractivity contribution in [2.24, 2.45) is 0 Å². The van der Waals surface area contributed by atoms with Crippen LogP contribution in [0.5, 0.6) is 0 Å². The van der Waals surface area contributed by atoms with Crippen LogP contribution in [-0.4, -0.2) is 26.5 Å². The van der Waals surface area contributed by atoms with Gasteiger partial charge in [0.25, 0.3) is 0 Å². The first-order chi connectivity index (χ1) is 4.75. The van der Waals surface area contributed by atoms with E-state index in [-0.39, 0.29) is 5.69 Å². The van der Waals surface area contributed by atoms with Gasteiger partial charge in [0, 0.05) is 6.26 Å². The molecule has 0 amide bonds. The van der Waals surface area contributed by atoms with Crippen LogP contribution in [0.4, 0.5) is 0 Å². The third kappa shape index (κ3) is 1.13. The monoisotopic (exact) mass is 158 g/mol. The second kappa shape index (κ2) is 2.74. The van der Waals surface area contributed by atoms with E-state index in [9.17, 15) is 4.79 Å². The van der Waals surface area contributed by atoms with Crippen LogP contribution in [-0.2, 0) is 0 Å². The van der Waals surface area contributed by atoms with Gasteiger partial charge in [-0.25, -0.2) is 4.79 Å². The molecule has 0 radical (unpaired) electrons. The van der Waals surface area contributed by atoms with Crippen LogP contribution in [0.15, 0.2) is 12.3 Å². The Kier molecular flexibility index (Phi) is 1.96. The van der Waals surface area contributed by atoms with Crippen molar-refractivity contribution in [1.82, 2.24) is 9.19 Å². The topological polar surface area (TPSA) is 55.1 Å². The highest BCUT2D eigenvalue weighted by Gasteiger charge is 2.07. The molecule has 0 saturated carbocycles. The van der Waals surface area contributed by atoms with E-state index in [1.165, 1.54) is 28.3 Å². The van der Waals surface area contributed by atoms with Gasteiger partial charge in [-0.3, -0.25) is 0 Å². The molecule has 0 atom stereocenters. The number of nitrogens with zero attached hydrogens (tertiary/aromatic N) is 2. The van der Waals surface area contributed by atoms with Gasteiger partial charge in [0.15, 0.2) is 5.69 Å². The maximum atomic E-state index is 10.4. The Balaban J connectivity index is 3.01. The fraction of sp³-hybridized carbons (Fsp3) is 0.200. The van der Waals surface area contributed by atoms with Crippen molar-refractivity contribution >= 4 is 17.9 Å². The number of aromatic carboxylic acids is 1. The van der Waals surface area contributed by atoms with E-state index in [0.29, 0.717) is 0 Å². The Morgan fingerprint density at radius 1 is 1.90 bits per heavy atom. The third-order valence-corrected chi connectivity index (χ3v) is 1.64. The number of hydrogen-bond acceptors (Lipinski definition) is 3. The van der Waals surface area contributed by atoms with Gasteiger partial charge in [-0.15, -0.1) is 0 Å². The standard InChI is InChI=1S/C5H6N2O2S/c1-10-7-4(5(8)9)2-3-6-7/h2-3H,1H3,(H,8,9). The third-order valence-electron chi connectivity index (χ3n) is 1.00. The zero-order valence-electron chi connectivity index (χ0n) is 5.31. The van der Waals surface area contributed by atoms with Gasteiger partial charge in [-0.05, 0) is 18.0 Å². The smallest absolute Gasteiger partial charge is 0.355 e. The van der Waals surface area contributed by atoms with E-state index in [4.69, 9.17) is 5.11 Å². The van der Waals surface area contributed by atoms with E-state index < -0.39 is 5.97 Å². The second-order valence-corrected chi connectivity index (χ2v) is 2.29. The van der Waals surface area contributed by atoms with E-state index in [1.807, 2.05) is 0 Å². The number of carboxylic acids is 1. The Morgan fingerprint density at radius 3 is 3.00 bits per heavy atom. The molecule has 0 aliphatic rings. The highest BCUT2D eigenvalue weighted by Crippen LogP contribution is 2.05. The fourth-order valence-corrected chi connectivity index (χ4v) is 1.07. The second-order valence-electron chi connectivity index (χ2n) is 1.58. The Morgan fingerprint density at radius 2 is 2.60 bits per heavy atom. The number of hydrogen-bond donors (Lipinski definition) is 1. The molecule has 0 bridgehead atoms. The lowest BCUT2D eigenvalue weighted by Gasteiger charge is -1.95. The molecule has 10 heavy (non-hydrogen) atoms. The van der Waals surface area contributed by atoms with Crippen molar-refractivity contribution in [3.63, 3.8) is 0 Å². The van der Waals surface area contributed by atoms with Gasteiger partial charge in [-0.1, -0.05) is 0 Å². The van der Waals surface area contributed by atoms with Crippen LogP contribution in [0.2, 0.25) is 0 Å². The molecule has 0 aliphatic heterocycles. The first-order valence-corrected chi connectivity index (χ1v) is 3.75. The van der Waals surface area contributed by atoms with Gasteiger partial charge < -0.3 is 5.11 Å². The Labute approximate surface area is 62.0 Å². The molecule has 4 nitrogen and oxygen atoms in total. The van der Waals surface area contributed by atoms with E-state index >= 15 is 0 Å². The molecular weight excluding hydrogens is 152 g/mol. The van der Waals surface area contributed by atoms with Crippen LogP contribution in [0, 0.1) is 0 Å². The predicted molar refractivity (Wildman–Crippen MR) is 38.1 cm³/mol. The SMILES string of the molecule is CSn1nccc1C(=O)O. The molecule has 1 heterocycles. The summed E-state index contributed by atoms with van der Waals surface area (Å²) >= 11 is 1.26. The summed E-state index contributed by atoms with van der Waals surface area (Å²) in [6.45, 7) is 0. The lowest BCUT2D eigenvalue weighted by Crippen LogP contribution is -2.03. The van der Waals surface area contributed by atoms with Crippen molar-refractivity contribution in [2.75, 3.05) is 6.26 Å². The van der Waals surface area contributed by atoms with Crippen molar-refractivity contribution < 1.29 is 9.90 Å². The van der Waals surface area contributed by atoms with Gasteiger partial charge in [0.2, 0.25) is 0 Å². The van der Waals surface area contributed by atoms with Crippen LogP contribution in [0.25, 0.3) is 0 Å². The normalized spacial score (nSPS) is 9.70. The summed E-state index contributed by atoms with van der Waals surface area (Å²) in [5, 5.41) is 12.3. The molecule has 0 unspecified atom stereocenters. The molecule has 1 rings (SSSR count). The molecule has 1 aromatic rings. The van der Waals surface area contributed by atoms with E-state index in [0.717, 1.165) is 0 Å². The van der Waals surface area contributed by atoms with Crippen molar-refractivity contribution in [1.29, 1.82) is 0 Å². The van der Waals surface area contributed by atoms with Crippen LogP contribution in [0.1, 0.15) is 10.5 Å². The van der Waals surface area contributed by atoms with Crippen LogP contribution < -0.4 is 0 Å². The van der Waals surface area contributed by atoms with Crippen LogP contribution >= 0.6 is 11.9 Å². The zero-order chi connectivity index (χ0) is 7.56. The molecule has 0 fully saturated rings. The summed E-state index contributed by atoms with van der Waals surface area (Å²) in [5.41, 5.74) is 0.201. The molecule has 1 N–H and O–H groups in total. The van der Waals surface area contributed by atoms with E-state index in [1.54, 1.807) is 6.26 Å². The zero-order valence-corrected chi connectivity index (χ0v) is 6.13. The lowest BCUT2D eigenvalue weighted by atomic mass is 10.5. The average molecular weight is 158 g/mol. The summed E-state index contributed by atoms with van der Waals surface area (Å²) < 4.78 is 1.35. The largest absolute Gasteiger partial charge is 0.476 e. The van der Waals surface area contributed by atoms with Crippen molar-refractivity contribution in [3.05, 3.63) is 18.0 Å². The predicted octanol–water partition coefficient (Wildman–Crippen LogP) is 0.707. The quantitative estimate of drug-likeness (QED) is 0.688. The number of rotatable bonds is 2. The van der Waals surface area contributed by atoms with Crippen LogP contribution in [0.3, 0.4) is 0 Å². The summed E-state index contributed by atoms with van der Waals surface area (Å²) in [4.78, 5) is 10.4. The molecule has 0 aliphatic carbocycles. The highest BCUT2D eigenvalue weighted by atomic mass is 32.2. The molecule has 0 saturated heterocycles. The summed E-state index contributed by atoms with van der Waals surface area (Å²) in [5.74, 6) is -0.952.